The third kappa shape index (κ3) is 3.79. The Labute approximate surface area is 139 Å². The van der Waals surface area contributed by atoms with E-state index in [1.54, 1.807) is 6.07 Å². The Bertz CT molecular complexity index is 860. The molecule has 0 atom stereocenters. The predicted molar refractivity (Wildman–Crippen MR) is 87.4 cm³/mol. The molecule has 0 aliphatic heterocycles. The van der Waals surface area contributed by atoms with E-state index in [-0.39, 0.29) is 21.9 Å². The first-order valence-electron chi connectivity index (χ1n) is 6.92. The number of ether oxygens (including phenoxy) is 1. The zero-order chi connectivity index (χ0) is 17.7. The van der Waals surface area contributed by atoms with Crippen LogP contribution in [0.1, 0.15) is 10.4 Å². The van der Waals surface area contributed by atoms with Crippen molar-refractivity contribution in [1.29, 1.82) is 0 Å². The first kappa shape index (κ1) is 17.6. The summed E-state index contributed by atoms with van der Waals surface area (Å²) >= 11 is 0. The van der Waals surface area contributed by atoms with E-state index in [0.717, 1.165) is 0 Å². The third-order valence-electron chi connectivity index (χ3n) is 3.20. The first-order valence-corrected chi connectivity index (χ1v) is 8.40. The molecule has 0 fully saturated rings. The number of nitrogens with one attached hydrogen (secondary N) is 1. The van der Waals surface area contributed by atoms with Crippen molar-refractivity contribution in [3.8, 4) is 0 Å². The van der Waals surface area contributed by atoms with Gasteiger partial charge in [-0.05, 0) is 42.5 Å². The summed E-state index contributed by atoms with van der Waals surface area (Å²) in [5.41, 5.74) is 5.80. The highest BCUT2D eigenvalue weighted by atomic mass is 32.2. The Kier molecular flexibility index (Phi) is 5.32. The highest BCUT2D eigenvalue weighted by Crippen LogP contribution is 2.23. The second-order valence-electron chi connectivity index (χ2n) is 4.80. The van der Waals surface area contributed by atoms with Crippen LogP contribution in [0.5, 0.6) is 0 Å². The number of sulfone groups is 1. The summed E-state index contributed by atoms with van der Waals surface area (Å²) < 4.78 is 29.8. The van der Waals surface area contributed by atoms with E-state index in [1.807, 2.05) is 0 Å². The number of carbonyl (C=O) groups excluding carboxylic acids is 2. The van der Waals surface area contributed by atoms with E-state index >= 15 is 0 Å². The minimum atomic E-state index is -3.79. The van der Waals surface area contributed by atoms with Crippen LogP contribution in [0.25, 0.3) is 0 Å². The molecule has 1 amide bonds. The van der Waals surface area contributed by atoms with Gasteiger partial charge in [-0.15, -0.1) is 0 Å². The molecule has 2 aromatic rings. The normalized spacial score (nSPS) is 10.9. The largest absolute Gasteiger partial charge is 0.465 e. The summed E-state index contributed by atoms with van der Waals surface area (Å²) in [7, 11) is -2.54. The summed E-state index contributed by atoms with van der Waals surface area (Å²) in [6.07, 6.45) is 0. The number of carbonyl (C=O) groups is 2. The maximum Gasteiger partial charge on any atom is 0.337 e. The summed E-state index contributed by atoms with van der Waals surface area (Å²) in [6.45, 7) is -0.202. The van der Waals surface area contributed by atoms with Crippen LogP contribution in [-0.4, -0.2) is 33.9 Å². The monoisotopic (exact) mass is 348 g/mol. The van der Waals surface area contributed by atoms with E-state index in [4.69, 9.17) is 5.73 Å². The fourth-order valence-electron chi connectivity index (χ4n) is 1.98. The number of esters is 1. The average molecular weight is 348 g/mol. The molecule has 0 spiro atoms. The molecule has 8 heteroatoms. The van der Waals surface area contributed by atoms with Gasteiger partial charge in [-0.1, -0.05) is 6.07 Å². The van der Waals surface area contributed by atoms with E-state index in [1.165, 1.54) is 49.6 Å². The summed E-state index contributed by atoms with van der Waals surface area (Å²) in [5.74, 6) is -0.975. The number of nitrogens with two attached hydrogens (primary N) is 1. The highest BCUT2D eigenvalue weighted by molar-refractivity contribution is 7.91. The van der Waals surface area contributed by atoms with Crippen LogP contribution in [0.3, 0.4) is 0 Å². The fraction of sp³-hybridized carbons (Fsp3) is 0.125. The van der Waals surface area contributed by atoms with Gasteiger partial charge in [0.15, 0.2) is 0 Å². The highest BCUT2D eigenvalue weighted by Gasteiger charge is 2.19. The van der Waals surface area contributed by atoms with Crippen LogP contribution in [0.4, 0.5) is 5.69 Å². The van der Waals surface area contributed by atoms with Gasteiger partial charge in [0.05, 0.1) is 29.0 Å². The van der Waals surface area contributed by atoms with Gasteiger partial charge < -0.3 is 15.8 Å². The van der Waals surface area contributed by atoms with Crippen molar-refractivity contribution in [2.24, 2.45) is 5.73 Å². The second-order valence-corrected chi connectivity index (χ2v) is 6.75. The van der Waals surface area contributed by atoms with Gasteiger partial charge >= 0.3 is 5.97 Å². The summed E-state index contributed by atoms with van der Waals surface area (Å²) in [4.78, 5) is 22.8. The predicted octanol–water partition coefficient (Wildman–Crippen LogP) is 1.20. The Balaban J connectivity index is 2.35. The number of hydrogen-bond donors (Lipinski definition) is 2. The van der Waals surface area contributed by atoms with Crippen LogP contribution in [-0.2, 0) is 19.4 Å². The Morgan fingerprint density at radius 2 is 1.75 bits per heavy atom. The topological polar surface area (TPSA) is 116 Å². The molecule has 0 saturated heterocycles. The van der Waals surface area contributed by atoms with E-state index < -0.39 is 21.7 Å². The van der Waals surface area contributed by atoms with Crippen molar-refractivity contribution in [2.75, 3.05) is 19.0 Å². The lowest BCUT2D eigenvalue weighted by Crippen LogP contribution is -2.21. The van der Waals surface area contributed by atoms with E-state index in [9.17, 15) is 18.0 Å². The molecule has 24 heavy (non-hydrogen) atoms. The molecule has 2 aromatic carbocycles. The lowest BCUT2D eigenvalue weighted by atomic mass is 10.2. The zero-order valence-corrected chi connectivity index (χ0v) is 13.7. The summed E-state index contributed by atoms with van der Waals surface area (Å²) in [6, 6.07) is 11.2. The lowest BCUT2D eigenvalue weighted by Gasteiger charge is -2.08. The lowest BCUT2D eigenvalue weighted by molar-refractivity contribution is -0.114. The van der Waals surface area contributed by atoms with Gasteiger partial charge in [0.25, 0.3) is 0 Å². The number of amides is 1. The fourth-order valence-corrected chi connectivity index (χ4v) is 3.28. The average Bonchev–Trinajstić information content (AvgIpc) is 2.61. The first-order chi connectivity index (χ1) is 11.4. The molecule has 0 aliphatic carbocycles. The molecule has 0 unspecified atom stereocenters. The van der Waals surface area contributed by atoms with Crippen LogP contribution in [0.15, 0.2) is 58.3 Å². The quantitative estimate of drug-likeness (QED) is 0.785. The number of benzene rings is 2. The van der Waals surface area contributed by atoms with Crippen LogP contribution in [0, 0.1) is 0 Å². The van der Waals surface area contributed by atoms with Crippen molar-refractivity contribution < 1.29 is 22.7 Å². The minimum Gasteiger partial charge on any atom is -0.465 e. The van der Waals surface area contributed by atoms with Gasteiger partial charge in [-0.3, -0.25) is 4.79 Å². The van der Waals surface area contributed by atoms with Gasteiger partial charge in [0.1, 0.15) is 0 Å². The molecule has 0 aromatic heterocycles. The van der Waals surface area contributed by atoms with E-state index in [2.05, 4.69) is 10.1 Å². The van der Waals surface area contributed by atoms with Gasteiger partial charge in [0.2, 0.25) is 15.7 Å². The molecule has 0 bridgehead atoms. The van der Waals surface area contributed by atoms with Crippen molar-refractivity contribution >= 4 is 27.4 Å². The van der Waals surface area contributed by atoms with Crippen LogP contribution >= 0.6 is 0 Å². The molecular formula is C16H16N2O5S. The molecular weight excluding hydrogens is 332 g/mol. The van der Waals surface area contributed by atoms with Crippen LogP contribution < -0.4 is 11.1 Å². The minimum absolute atomic E-state index is 0.0168. The molecule has 0 aliphatic rings. The number of methoxy groups -OCH3 is 1. The molecule has 0 heterocycles. The molecule has 126 valence electrons. The Morgan fingerprint density at radius 1 is 1.08 bits per heavy atom. The van der Waals surface area contributed by atoms with Gasteiger partial charge in [0, 0.05) is 5.69 Å². The van der Waals surface area contributed by atoms with Crippen molar-refractivity contribution in [2.45, 2.75) is 9.79 Å². The Morgan fingerprint density at radius 3 is 2.33 bits per heavy atom. The van der Waals surface area contributed by atoms with E-state index in [0.29, 0.717) is 5.69 Å². The zero-order valence-electron chi connectivity index (χ0n) is 12.9. The second kappa shape index (κ2) is 7.24. The third-order valence-corrected chi connectivity index (χ3v) is 4.97. The molecule has 0 saturated carbocycles. The summed E-state index contributed by atoms with van der Waals surface area (Å²) in [5, 5.41) is 2.50. The molecule has 0 radical (unpaired) electrons. The van der Waals surface area contributed by atoms with Crippen LogP contribution in [0.2, 0.25) is 0 Å². The number of anilines is 1. The number of hydrogen-bond acceptors (Lipinski definition) is 6. The molecule has 2 rings (SSSR count). The molecule has 7 nitrogen and oxygen atoms in total. The van der Waals surface area contributed by atoms with Crippen molar-refractivity contribution in [3.05, 3.63) is 54.1 Å². The van der Waals surface area contributed by atoms with Crippen molar-refractivity contribution in [3.63, 3.8) is 0 Å². The van der Waals surface area contributed by atoms with Gasteiger partial charge in [-0.25, -0.2) is 13.2 Å². The Hall–Kier alpha value is -2.71. The number of rotatable bonds is 5. The van der Waals surface area contributed by atoms with Gasteiger partial charge in [-0.2, -0.15) is 0 Å². The maximum atomic E-state index is 12.6. The smallest absolute Gasteiger partial charge is 0.337 e. The molecule has 3 N–H and O–H groups in total. The van der Waals surface area contributed by atoms with Crippen molar-refractivity contribution in [1.82, 2.24) is 0 Å². The maximum absolute atomic E-state index is 12.6. The standard InChI is InChI=1S/C16H16N2O5S/c1-23-16(20)11-5-7-13(8-6-11)24(21,22)14-4-2-3-12(9-14)18-15(19)10-17/h2-9H,10,17H2,1H3,(H,18,19). The SMILES string of the molecule is COC(=O)c1ccc(S(=O)(=O)c2cccc(NC(=O)CN)c2)cc1.